The van der Waals surface area contributed by atoms with E-state index in [4.69, 9.17) is 28.9 Å². The van der Waals surface area contributed by atoms with E-state index in [1.807, 2.05) is 0 Å². The average molecular weight is 481 g/mol. The second kappa shape index (κ2) is 12.8. The van der Waals surface area contributed by atoms with Gasteiger partial charge in [-0.15, -0.1) is 0 Å². The minimum atomic E-state index is -1.29. The summed E-state index contributed by atoms with van der Waals surface area (Å²) in [6.07, 6.45) is -1.49. The van der Waals surface area contributed by atoms with E-state index in [1.165, 1.54) is 20.3 Å². The lowest BCUT2D eigenvalue weighted by Crippen LogP contribution is -2.44. The molecule has 1 atom stereocenters. The molecule has 0 radical (unpaired) electrons. The van der Waals surface area contributed by atoms with Crippen LogP contribution in [0.4, 0.5) is 10.5 Å². The first kappa shape index (κ1) is 28.0. The van der Waals surface area contributed by atoms with Crippen LogP contribution in [0.15, 0.2) is 12.1 Å². The second-order valence-electron chi connectivity index (χ2n) is 7.76. The number of carbonyl (C=O) groups is 3. The number of hydrogen-bond donors (Lipinski definition) is 1. The predicted octanol–water partition coefficient (Wildman–Crippen LogP) is 2.40. The van der Waals surface area contributed by atoms with Gasteiger partial charge in [0.25, 0.3) is 5.69 Å². The second-order valence-corrected chi connectivity index (χ2v) is 7.76. The Labute approximate surface area is 196 Å². The van der Waals surface area contributed by atoms with Crippen molar-refractivity contribution in [3.05, 3.63) is 27.8 Å². The maximum absolute atomic E-state index is 12.2. The number of ether oxygens (including phenoxy) is 5. The Bertz CT molecular complexity index is 949. The Morgan fingerprint density at radius 2 is 1.76 bits per heavy atom. The summed E-state index contributed by atoms with van der Waals surface area (Å²) < 4.78 is 25.1. The van der Waals surface area contributed by atoms with Crippen LogP contribution < -0.4 is 14.8 Å². The first-order valence-electron chi connectivity index (χ1n) is 9.99. The van der Waals surface area contributed by atoms with Crippen LogP contribution in [-0.2, 0) is 30.4 Å². The molecule has 1 aromatic rings. The van der Waals surface area contributed by atoms with E-state index in [-0.39, 0.29) is 35.6 Å². The van der Waals surface area contributed by atoms with Crippen molar-refractivity contribution in [1.82, 2.24) is 5.32 Å². The first-order valence-corrected chi connectivity index (χ1v) is 9.99. The van der Waals surface area contributed by atoms with Gasteiger partial charge in [-0.25, -0.2) is 9.59 Å². The van der Waals surface area contributed by atoms with E-state index in [0.29, 0.717) is 0 Å². The summed E-state index contributed by atoms with van der Waals surface area (Å²) in [5.41, 5.74) is -1.11. The summed E-state index contributed by atoms with van der Waals surface area (Å²) in [4.78, 5) is 47.1. The number of nitrogens with one attached hydrogen (secondary N) is 1. The van der Waals surface area contributed by atoms with Gasteiger partial charge in [0.15, 0.2) is 18.1 Å². The monoisotopic (exact) mass is 481 g/mol. The number of hydrogen-bond acceptors (Lipinski definition) is 11. The van der Waals surface area contributed by atoms with E-state index >= 15 is 0 Å². The number of rotatable bonds is 11. The Morgan fingerprint density at radius 3 is 2.29 bits per heavy atom. The minimum Gasteiger partial charge on any atom is -0.493 e. The Balaban J connectivity index is 2.84. The average Bonchev–Trinajstić information content (AvgIpc) is 2.76. The number of alkyl carbamates (subject to hydrolysis) is 1. The molecule has 1 N–H and O–H groups in total. The minimum absolute atomic E-state index is 0.0628. The Hall–Kier alpha value is -4.08. The lowest BCUT2D eigenvalue weighted by atomic mass is 10.1. The fraction of sp³-hybridized carbons (Fsp3) is 0.524. The van der Waals surface area contributed by atoms with Gasteiger partial charge in [-0.2, -0.15) is 5.26 Å². The van der Waals surface area contributed by atoms with E-state index in [0.717, 1.165) is 6.07 Å². The molecule has 1 aromatic carbocycles. The molecule has 0 unspecified atom stereocenters. The van der Waals surface area contributed by atoms with Crippen molar-refractivity contribution in [2.24, 2.45) is 0 Å². The topological polar surface area (TPSA) is 176 Å². The number of nitro benzene ring substituents is 1. The molecule has 0 saturated carbocycles. The zero-order valence-corrected chi connectivity index (χ0v) is 19.5. The molecule has 0 saturated heterocycles. The van der Waals surface area contributed by atoms with Crippen molar-refractivity contribution in [2.75, 3.05) is 20.8 Å². The quantitative estimate of drug-likeness (QED) is 0.212. The summed E-state index contributed by atoms with van der Waals surface area (Å²) in [5, 5.41) is 22.2. The van der Waals surface area contributed by atoms with Crippen LogP contribution >= 0.6 is 0 Å². The molecule has 1 rings (SSSR count). The fourth-order valence-electron chi connectivity index (χ4n) is 2.59. The van der Waals surface area contributed by atoms with E-state index in [1.54, 1.807) is 26.8 Å². The van der Waals surface area contributed by atoms with Crippen molar-refractivity contribution in [3.8, 4) is 17.6 Å². The van der Waals surface area contributed by atoms with Crippen LogP contribution in [0.2, 0.25) is 0 Å². The molecular weight excluding hydrogens is 454 g/mol. The SMILES string of the molecule is COc1cc(COC(=O)CC[C@H](NC(=O)OC(C)(C)C)C(=O)OCC#N)c([N+](=O)[O-])cc1OC. The number of amides is 1. The first-order chi connectivity index (χ1) is 15.9. The van der Waals surface area contributed by atoms with Gasteiger partial charge in [0.05, 0.1) is 30.8 Å². The molecule has 0 aromatic heterocycles. The molecule has 0 aliphatic carbocycles. The van der Waals surface area contributed by atoms with Crippen molar-refractivity contribution >= 4 is 23.7 Å². The summed E-state index contributed by atoms with van der Waals surface area (Å²) >= 11 is 0. The molecule has 13 nitrogen and oxygen atoms in total. The standard InChI is InChI=1S/C21H27N3O10/c1-21(2,3)34-20(27)23-14(19(26)32-9-8-22)6-7-18(25)33-12-13-10-16(30-4)17(31-5)11-15(13)24(28)29/h10-11,14H,6-7,9,12H2,1-5H3,(H,23,27)/t14-/m0/s1. The molecule has 186 valence electrons. The van der Waals surface area contributed by atoms with Crippen LogP contribution in [0.1, 0.15) is 39.2 Å². The van der Waals surface area contributed by atoms with Gasteiger partial charge in [0.2, 0.25) is 0 Å². The van der Waals surface area contributed by atoms with Crippen molar-refractivity contribution < 1.29 is 43.0 Å². The van der Waals surface area contributed by atoms with E-state index < -0.39 is 47.8 Å². The fourth-order valence-corrected chi connectivity index (χ4v) is 2.59. The van der Waals surface area contributed by atoms with E-state index in [2.05, 4.69) is 5.32 Å². The number of nitro groups is 1. The molecule has 34 heavy (non-hydrogen) atoms. The zero-order chi connectivity index (χ0) is 25.9. The maximum atomic E-state index is 12.2. The molecule has 0 spiro atoms. The van der Waals surface area contributed by atoms with Crippen LogP contribution in [0.3, 0.4) is 0 Å². The third-order valence-corrected chi connectivity index (χ3v) is 4.06. The molecule has 1 amide bonds. The van der Waals surface area contributed by atoms with Crippen LogP contribution in [0.25, 0.3) is 0 Å². The molecule has 0 fully saturated rings. The number of esters is 2. The summed E-state index contributed by atoms with van der Waals surface area (Å²) in [6, 6.07) is 2.80. The maximum Gasteiger partial charge on any atom is 0.408 e. The van der Waals surface area contributed by atoms with Crippen LogP contribution in [0, 0.1) is 21.4 Å². The lowest BCUT2D eigenvalue weighted by Gasteiger charge is -2.22. The molecular formula is C21H27N3O10. The lowest BCUT2D eigenvalue weighted by molar-refractivity contribution is -0.385. The number of benzene rings is 1. The van der Waals surface area contributed by atoms with Crippen molar-refractivity contribution in [3.63, 3.8) is 0 Å². The highest BCUT2D eigenvalue weighted by Crippen LogP contribution is 2.34. The Kier molecular flexibility index (Phi) is 10.5. The van der Waals surface area contributed by atoms with Crippen LogP contribution in [0.5, 0.6) is 11.5 Å². The van der Waals surface area contributed by atoms with Gasteiger partial charge in [0.1, 0.15) is 24.3 Å². The number of nitrogens with zero attached hydrogens (tertiary/aromatic N) is 2. The largest absolute Gasteiger partial charge is 0.493 e. The molecule has 0 aliphatic heterocycles. The van der Waals surface area contributed by atoms with Gasteiger partial charge in [-0.1, -0.05) is 0 Å². The predicted molar refractivity (Wildman–Crippen MR) is 115 cm³/mol. The summed E-state index contributed by atoms with van der Waals surface area (Å²) in [7, 11) is 2.67. The number of carbonyl (C=O) groups excluding carboxylic acids is 3. The number of nitriles is 1. The van der Waals surface area contributed by atoms with Gasteiger partial charge in [0, 0.05) is 6.42 Å². The van der Waals surface area contributed by atoms with Crippen molar-refractivity contribution in [2.45, 2.75) is 51.9 Å². The Morgan fingerprint density at radius 1 is 1.15 bits per heavy atom. The highest BCUT2D eigenvalue weighted by atomic mass is 16.6. The summed E-state index contributed by atoms with van der Waals surface area (Å²) in [6.45, 7) is 3.89. The smallest absolute Gasteiger partial charge is 0.408 e. The highest BCUT2D eigenvalue weighted by molar-refractivity contribution is 5.82. The zero-order valence-electron chi connectivity index (χ0n) is 19.5. The van der Waals surface area contributed by atoms with Gasteiger partial charge < -0.3 is 29.0 Å². The van der Waals surface area contributed by atoms with Crippen LogP contribution in [-0.4, -0.2) is 55.4 Å². The normalized spacial score (nSPS) is 11.4. The molecule has 0 heterocycles. The highest BCUT2D eigenvalue weighted by Gasteiger charge is 2.27. The molecule has 0 bridgehead atoms. The summed E-state index contributed by atoms with van der Waals surface area (Å²) in [5.74, 6) is -1.39. The molecule has 0 aliphatic rings. The van der Waals surface area contributed by atoms with Gasteiger partial charge >= 0.3 is 18.0 Å². The molecule has 13 heteroatoms. The van der Waals surface area contributed by atoms with Crippen molar-refractivity contribution in [1.29, 1.82) is 5.26 Å². The van der Waals surface area contributed by atoms with E-state index in [9.17, 15) is 24.5 Å². The third kappa shape index (κ3) is 9.19. The van der Waals surface area contributed by atoms with Gasteiger partial charge in [-0.05, 0) is 33.3 Å². The van der Waals surface area contributed by atoms with Gasteiger partial charge in [-0.3, -0.25) is 14.9 Å². The number of methoxy groups -OCH3 is 2. The third-order valence-electron chi connectivity index (χ3n) is 4.06.